The number of hydrogen-bond acceptors (Lipinski definition) is 3. The fraction of sp³-hybridized carbons (Fsp3) is 0.385. The van der Waals surface area contributed by atoms with Gasteiger partial charge < -0.3 is 11.1 Å². The molecule has 0 aliphatic carbocycles. The van der Waals surface area contributed by atoms with Gasteiger partial charge in [-0.15, -0.1) is 0 Å². The molecule has 0 fully saturated rings. The molecule has 3 N–H and O–H groups in total. The Hall–Kier alpha value is -1.86. The molecule has 90 valence electrons. The highest BCUT2D eigenvalue weighted by Gasteiger charge is 2.14. The summed E-state index contributed by atoms with van der Waals surface area (Å²) < 4.78 is 0. The van der Waals surface area contributed by atoms with E-state index in [1.165, 1.54) is 0 Å². The topological polar surface area (TPSA) is 78.9 Å². The van der Waals surface area contributed by atoms with Crippen LogP contribution in [0.1, 0.15) is 37.4 Å². The summed E-state index contributed by atoms with van der Waals surface area (Å²) in [6, 6.07) is 8.62. The maximum atomic E-state index is 11.6. The van der Waals surface area contributed by atoms with Gasteiger partial charge in [-0.25, -0.2) is 0 Å². The van der Waals surface area contributed by atoms with E-state index in [-0.39, 0.29) is 11.9 Å². The van der Waals surface area contributed by atoms with E-state index in [0.717, 1.165) is 5.56 Å². The lowest BCUT2D eigenvalue weighted by molar-refractivity contribution is -0.123. The second-order valence-electron chi connectivity index (χ2n) is 3.98. The molecule has 0 saturated heterocycles. The molecule has 1 amide bonds. The van der Waals surface area contributed by atoms with Gasteiger partial charge in [-0.1, -0.05) is 19.1 Å². The van der Waals surface area contributed by atoms with Crippen molar-refractivity contribution in [3.63, 3.8) is 0 Å². The van der Waals surface area contributed by atoms with Crippen molar-refractivity contribution in [1.29, 1.82) is 5.26 Å². The molecule has 0 heterocycles. The van der Waals surface area contributed by atoms with Crippen LogP contribution < -0.4 is 11.1 Å². The smallest absolute Gasteiger partial charge is 0.237 e. The Bertz CT molecular complexity index is 419. The van der Waals surface area contributed by atoms with Gasteiger partial charge in [0.1, 0.15) is 0 Å². The zero-order chi connectivity index (χ0) is 12.8. The van der Waals surface area contributed by atoms with Crippen LogP contribution in [0.25, 0.3) is 0 Å². The van der Waals surface area contributed by atoms with Gasteiger partial charge in [0.05, 0.1) is 23.7 Å². The maximum absolute atomic E-state index is 11.6. The van der Waals surface area contributed by atoms with Gasteiger partial charge >= 0.3 is 0 Å². The molecule has 1 aromatic carbocycles. The van der Waals surface area contributed by atoms with Gasteiger partial charge in [0.25, 0.3) is 0 Å². The van der Waals surface area contributed by atoms with E-state index in [0.29, 0.717) is 12.0 Å². The Balaban J connectivity index is 2.67. The summed E-state index contributed by atoms with van der Waals surface area (Å²) in [6.07, 6.45) is 0.617. The van der Waals surface area contributed by atoms with Gasteiger partial charge in [-0.3, -0.25) is 4.79 Å². The Morgan fingerprint density at radius 2 is 2.06 bits per heavy atom. The van der Waals surface area contributed by atoms with Crippen molar-refractivity contribution >= 4 is 5.91 Å². The molecule has 0 aromatic heterocycles. The second-order valence-corrected chi connectivity index (χ2v) is 3.98. The standard InChI is InChI=1S/C13H17N3O/c1-3-12(15)13(17)16-9(2)11-6-4-10(8-14)5-7-11/h4-7,9,12H,3,15H2,1-2H3,(H,16,17). The van der Waals surface area contributed by atoms with Crippen LogP contribution in [-0.4, -0.2) is 11.9 Å². The van der Waals surface area contributed by atoms with Crippen LogP contribution in [0.5, 0.6) is 0 Å². The van der Waals surface area contributed by atoms with Gasteiger partial charge in [-0.2, -0.15) is 5.26 Å². The first-order chi connectivity index (χ1) is 8.08. The van der Waals surface area contributed by atoms with Crippen LogP contribution in [-0.2, 0) is 4.79 Å². The Kier molecular flexibility index (Phi) is 4.68. The average Bonchev–Trinajstić information content (AvgIpc) is 2.37. The first kappa shape index (κ1) is 13.2. The molecule has 0 saturated carbocycles. The van der Waals surface area contributed by atoms with Gasteiger partial charge in [0, 0.05) is 0 Å². The average molecular weight is 231 g/mol. The second kappa shape index (κ2) is 6.02. The predicted octanol–water partition coefficient (Wildman–Crippen LogP) is 1.47. The lowest BCUT2D eigenvalue weighted by Gasteiger charge is -2.17. The number of nitrogens with one attached hydrogen (secondary N) is 1. The first-order valence-electron chi connectivity index (χ1n) is 5.64. The number of hydrogen-bond donors (Lipinski definition) is 2. The lowest BCUT2D eigenvalue weighted by atomic mass is 10.1. The minimum Gasteiger partial charge on any atom is -0.348 e. The number of amides is 1. The zero-order valence-electron chi connectivity index (χ0n) is 10.1. The number of carbonyl (C=O) groups is 1. The van der Waals surface area contributed by atoms with E-state index in [9.17, 15) is 4.79 Å². The zero-order valence-corrected chi connectivity index (χ0v) is 10.1. The molecule has 2 unspecified atom stereocenters. The summed E-state index contributed by atoms with van der Waals surface area (Å²) in [6.45, 7) is 3.76. The molecule has 1 rings (SSSR count). The van der Waals surface area contributed by atoms with E-state index in [2.05, 4.69) is 11.4 Å². The minimum atomic E-state index is -0.462. The summed E-state index contributed by atoms with van der Waals surface area (Å²) in [5.74, 6) is -0.149. The van der Waals surface area contributed by atoms with Crippen LogP contribution >= 0.6 is 0 Å². The van der Waals surface area contributed by atoms with Crippen molar-refractivity contribution in [2.45, 2.75) is 32.4 Å². The largest absolute Gasteiger partial charge is 0.348 e. The third-order valence-corrected chi connectivity index (χ3v) is 2.68. The molecule has 0 radical (unpaired) electrons. The van der Waals surface area contributed by atoms with Crippen molar-refractivity contribution in [3.05, 3.63) is 35.4 Å². The van der Waals surface area contributed by atoms with E-state index >= 15 is 0 Å². The third-order valence-electron chi connectivity index (χ3n) is 2.68. The molecule has 4 heteroatoms. The van der Waals surface area contributed by atoms with Crippen molar-refractivity contribution in [1.82, 2.24) is 5.32 Å². The quantitative estimate of drug-likeness (QED) is 0.823. The number of nitriles is 1. The van der Waals surface area contributed by atoms with E-state index in [1.54, 1.807) is 12.1 Å². The highest BCUT2D eigenvalue weighted by atomic mass is 16.2. The fourth-order valence-corrected chi connectivity index (χ4v) is 1.44. The fourth-order valence-electron chi connectivity index (χ4n) is 1.44. The molecular weight excluding hydrogens is 214 g/mol. The number of benzene rings is 1. The van der Waals surface area contributed by atoms with Crippen molar-refractivity contribution in [2.24, 2.45) is 5.73 Å². The number of rotatable bonds is 4. The summed E-state index contributed by atoms with van der Waals surface area (Å²) in [4.78, 5) is 11.6. The summed E-state index contributed by atoms with van der Waals surface area (Å²) in [5.41, 5.74) is 7.20. The Morgan fingerprint density at radius 1 is 1.47 bits per heavy atom. The SMILES string of the molecule is CCC(N)C(=O)NC(C)c1ccc(C#N)cc1. The molecule has 4 nitrogen and oxygen atoms in total. The highest BCUT2D eigenvalue weighted by molar-refractivity contribution is 5.81. The molecule has 2 atom stereocenters. The maximum Gasteiger partial charge on any atom is 0.237 e. The first-order valence-corrected chi connectivity index (χ1v) is 5.64. The van der Waals surface area contributed by atoms with Gasteiger partial charge in [0.2, 0.25) is 5.91 Å². The minimum absolute atomic E-state index is 0.104. The molecule has 17 heavy (non-hydrogen) atoms. The van der Waals surface area contributed by atoms with Crippen molar-refractivity contribution in [3.8, 4) is 6.07 Å². The van der Waals surface area contributed by atoms with Gasteiger partial charge in [0.15, 0.2) is 0 Å². The third kappa shape index (κ3) is 3.58. The van der Waals surface area contributed by atoms with Crippen LogP contribution in [0.4, 0.5) is 0 Å². The van der Waals surface area contributed by atoms with Crippen LogP contribution in [0.2, 0.25) is 0 Å². The van der Waals surface area contributed by atoms with Crippen molar-refractivity contribution in [2.75, 3.05) is 0 Å². The van der Waals surface area contributed by atoms with Crippen molar-refractivity contribution < 1.29 is 4.79 Å². The lowest BCUT2D eigenvalue weighted by Crippen LogP contribution is -2.41. The molecular formula is C13H17N3O. The summed E-state index contributed by atoms with van der Waals surface area (Å²) in [5, 5.41) is 11.5. The Labute approximate surface area is 101 Å². The van der Waals surface area contributed by atoms with Gasteiger partial charge in [-0.05, 0) is 31.0 Å². The summed E-state index contributed by atoms with van der Waals surface area (Å²) in [7, 11) is 0. The molecule has 0 spiro atoms. The summed E-state index contributed by atoms with van der Waals surface area (Å²) >= 11 is 0. The monoisotopic (exact) mass is 231 g/mol. The van der Waals surface area contributed by atoms with E-state index < -0.39 is 6.04 Å². The number of carbonyl (C=O) groups excluding carboxylic acids is 1. The Morgan fingerprint density at radius 3 is 2.53 bits per heavy atom. The van der Waals surface area contributed by atoms with Crippen LogP contribution in [0, 0.1) is 11.3 Å². The van der Waals surface area contributed by atoms with E-state index in [4.69, 9.17) is 11.0 Å². The highest BCUT2D eigenvalue weighted by Crippen LogP contribution is 2.13. The number of nitrogens with zero attached hydrogens (tertiary/aromatic N) is 1. The number of nitrogens with two attached hydrogens (primary N) is 1. The predicted molar refractivity (Wildman–Crippen MR) is 66.0 cm³/mol. The van der Waals surface area contributed by atoms with Crippen LogP contribution in [0.15, 0.2) is 24.3 Å². The van der Waals surface area contributed by atoms with Crippen LogP contribution in [0.3, 0.4) is 0 Å². The normalized spacial score (nSPS) is 13.5. The molecule has 0 aliphatic rings. The molecule has 1 aromatic rings. The van der Waals surface area contributed by atoms with E-state index in [1.807, 2.05) is 26.0 Å². The molecule has 0 bridgehead atoms. The molecule has 0 aliphatic heterocycles.